The first-order valence-electron chi connectivity index (χ1n) is 29.8. The third kappa shape index (κ3) is 50.4. The lowest BCUT2D eigenvalue weighted by atomic mass is 10.0. The monoisotopic (exact) mass is 928 g/mol. The Balaban J connectivity index is 3.59. The summed E-state index contributed by atoms with van der Waals surface area (Å²) >= 11 is 0. The molecule has 3 unspecified atom stereocenters. The molecule has 0 aliphatic carbocycles. The van der Waals surface area contributed by atoms with Crippen LogP contribution in [0.25, 0.3) is 0 Å². The van der Waals surface area contributed by atoms with E-state index in [1.165, 1.54) is 257 Å². The molecule has 5 nitrogen and oxygen atoms in total. The number of allylic oxidation sites excluding steroid dienone is 5. The zero-order valence-corrected chi connectivity index (χ0v) is 44.6. The van der Waals surface area contributed by atoms with Crippen LogP contribution < -0.4 is 5.32 Å². The van der Waals surface area contributed by atoms with Gasteiger partial charge in [0.15, 0.2) is 0 Å². The molecule has 0 spiro atoms. The second kappa shape index (κ2) is 56.2. The Morgan fingerprint density at radius 3 is 0.924 bits per heavy atom. The topological polar surface area (TPSA) is 89.8 Å². The Kier molecular flexibility index (Phi) is 54.9. The number of hydrogen-bond acceptors (Lipinski definition) is 4. The summed E-state index contributed by atoms with van der Waals surface area (Å²) in [6.07, 6.45) is 73.8. The molecule has 3 atom stereocenters. The quantitative estimate of drug-likeness (QED) is 0.0361. The first-order chi connectivity index (χ1) is 32.6. The van der Waals surface area contributed by atoms with Crippen molar-refractivity contribution in [2.24, 2.45) is 0 Å². The van der Waals surface area contributed by atoms with Crippen LogP contribution in [0.1, 0.15) is 322 Å². The first kappa shape index (κ1) is 64.6. The van der Waals surface area contributed by atoms with E-state index in [-0.39, 0.29) is 6.61 Å². The predicted octanol–water partition coefficient (Wildman–Crippen LogP) is 18.6. The normalized spacial score (nSPS) is 13.5. The van der Waals surface area contributed by atoms with Crippen LogP contribution in [0.4, 0.5) is 0 Å². The van der Waals surface area contributed by atoms with Gasteiger partial charge in [0.2, 0.25) is 5.91 Å². The van der Waals surface area contributed by atoms with Crippen LogP contribution in [0, 0.1) is 0 Å². The molecule has 0 rings (SSSR count). The fraction of sp³-hybridized carbons (Fsp3) is 0.885. The van der Waals surface area contributed by atoms with Gasteiger partial charge in [0.05, 0.1) is 18.8 Å². The number of carbonyl (C=O) groups excluding carboxylic acids is 1. The zero-order chi connectivity index (χ0) is 47.9. The molecule has 0 fully saturated rings. The Bertz CT molecular complexity index is 1020. The number of aliphatic hydroxyl groups is 3. The van der Waals surface area contributed by atoms with Crippen molar-refractivity contribution < 1.29 is 20.1 Å². The lowest BCUT2D eigenvalue weighted by molar-refractivity contribution is -0.131. The van der Waals surface area contributed by atoms with E-state index >= 15 is 0 Å². The minimum atomic E-state index is -1.11. The standard InChI is InChI=1S/C61H117NO4/c1-3-5-7-9-11-13-15-17-19-21-23-25-27-29-30-32-34-36-38-40-42-44-46-48-50-52-54-56-60(65)61(66)62-58(57-63)59(64)55-53-51-49-47-45-43-41-39-37-35-33-31-28-26-24-22-20-18-16-14-12-10-8-6-4-2/h37,39,45,47,53,55,58-60,63-65H,3-36,38,40-44,46,48-52,54,56-57H2,1-2H3,(H,62,66)/b39-37+,47-45+,55-53+. The summed E-state index contributed by atoms with van der Waals surface area (Å²) in [7, 11) is 0. The summed E-state index contributed by atoms with van der Waals surface area (Å²) in [5.41, 5.74) is 0. The maximum atomic E-state index is 12.6. The second-order valence-corrected chi connectivity index (χ2v) is 20.5. The summed E-state index contributed by atoms with van der Waals surface area (Å²) < 4.78 is 0. The molecule has 5 heteroatoms. The van der Waals surface area contributed by atoms with E-state index in [0.29, 0.717) is 6.42 Å². The molecule has 0 aromatic rings. The smallest absolute Gasteiger partial charge is 0.249 e. The molecule has 1 amide bonds. The second-order valence-electron chi connectivity index (χ2n) is 20.5. The number of aliphatic hydroxyl groups excluding tert-OH is 3. The molecule has 0 saturated heterocycles. The third-order valence-electron chi connectivity index (χ3n) is 14.0. The van der Waals surface area contributed by atoms with Crippen LogP contribution in [0.2, 0.25) is 0 Å². The van der Waals surface area contributed by atoms with Gasteiger partial charge in [-0.25, -0.2) is 0 Å². The maximum absolute atomic E-state index is 12.6. The van der Waals surface area contributed by atoms with E-state index in [9.17, 15) is 20.1 Å². The van der Waals surface area contributed by atoms with Crippen molar-refractivity contribution in [1.29, 1.82) is 0 Å². The molecule has 0 aromatic carbocycles. The molecule has 0 aromatic heterocycles. The molecule has 4 N–H and O–H groups in total. The Hall–Kier alpha value is -1.43. The molecule has 0 saturated carbocycles. The largest absolute Gasteiger partial charge is 0.394 e. The highest BCUT2D eigenvalue weighted by Gasteiger charge is 2.22. The molecule has 0 radical (unpaired) electrons. The van der Waals surface area contributed by atoms with E-state index in [0.717, 1.165) is 44.9 Å². The van der Waals surface area contributed by atoms with Gasteiger partial charge in [0.25, 0.3) is 0 Å². The van der Waals surface area contributed by atoms with Gasteiger partial charge >= 0.3 is 0 Å². The van der Waals surface area contributed by atoms with Gasteiger partial charge in [-0.3, -0.25) is 4.79 Å². The number of unbranched alkanes of at least 4 members (excludes halogenated alkanes) is 43. The van der Waals surface area contributed by atoms with Crippen molar-refractivity contribution in [2.75, 3.05) is 6.61 Å². The molecular weight excluding hydrogens is 811 g/mol. The van der Waals surface area contributed by atoms with Crippen molar-refractivity contribution in [3.8, 4) is 0 Å². The highest BCUT2D eigenvalue weighted by molar-refractivity contribution is 5.80. The van der Waals surface area contributed by atoms with Crippen molar-refractivity contribution in [3.05, 3.63) is 36.5 Å². The molecule has 0 heterocycles. The maximum Gasteiger partial charge on any atom is 0.249 e. The minimum Gasteiger partial charge on any atom is -0.394 e. The van der Waals surface area contributed by atoms with E-state index in [1.54, 1.807) is 6.08 Å². The molecule has 0 bridgehead atoms. The first-order valence-corrected chi connectivity index (χ1v) is 29.8. The number of rotatable bonds is 55. The van der Waals surface area contributed by atoms with Crippen LogP contribution in [0.15, 0.2) is 36.5 Å². The van der Waals surface area contributed by atoms with Crippen molar-refractivity contribution in [3.63, 3.8) is 0 Å². The third-order valence-corrected chi connectivity index (χ3v) is 14.0. The van der Waals surface area contributed by atoms with E-state index < -0.39 is 24.2 Å². The number of hydrogen-bond donors (Lipinski definition) is 4. The van der Waals surface area contributed by atoms with Gasteiger partial charge in [-0.05, 0) is 44.9 Å². The van der Waals surface area contributed by atoms with Crippen molar-refractivity contribution in [2.45, 2.75) is 340 Å². The minimum absolute atomic E-state index is 0.379. The van der Waals surface area contributed by atoms with Crippen LogP contribution in [0.5, 0.6) is 0 Å². The van der Waals surface area contributed by atoms with Gasteiger partial charge in [0.1, 0.15) is 6.10 Å². The van der Waals surface area contributed by atoms with E-state index in [2.05, 4.69) is 43.5 Å². The van der Waals surface area contributed by atoms with E-state index in [1.807, 2.05) is 6.08 Å². The summed E-state index contributed by atoms with van der Waals surface area (Å²) in [6, 6.07) is -0.820. The Labute approximate surface area is 413 Å². The molecular formula is C61H117NO4. The molecule has 0 aliphatic rings. The highest BCUT2D eigenvalue weighted by atomic mass is 16.3. The average molecular weight is 929 g/mol. The summed E-state index contributed by atoms with van der Waals surface area (Å²) in [6.45, 7) is 4.21. The van der Waals surface area contributed by atoms with Crippen LogP contribution in [0.3, 0.4) is 0 Å². The number of nitrogens with one attached hydrogen (secondary N) is 1. The Morgan fingerprint density at radius 2 is 0.621 bits per heavy atom. The molecule has 390 valence electrons. The lowest BCUT2D eigenvalue weighted by Crippen LogP contribution is -2.48. The fourth-order valence-electron chi connectivity index (χ4n) is 9.34. The summed E-state index contributed by atoms with van der Waals surface area (Å²) in [4.78, 5) is 12.6. The molecule has 0 aliphatic heterocycles. The van der Waals surface area contributed by atoms with Crippen LogP contribution >= 0.6 is 0 Å². The molecule has 66 heavy (non-hydrogen) atoms. The lowest BCUT2D eigenvalue weighted by Gasteiger charge is -2.21. The zero-order valence-electron chi connectivity index (χ0n) is 44.6. The van der Waals surface area contributed by atoms with Gasteiger partial charge in [-0.2, -0.15) is 0 Å². The predicted molar refractivity (Wildman–Crippen MR) is 291 cm³/mol. The van der Waals surface area contributed by atoms with Gasteiger partial charge in [-0.1, -0.05) is 314 Å². The van der Waals surface area contributed by atoms with Crippen LogP contribution in [-0.2, 0) is 4.79 Å². The summed E-state index contributed by atoms with van der Waals surface area (Å²) in [5, 5.41) is 33.4. The van der Waals surface area contributed by atoms with Crippen molar-refractivity contribution >= 4 is 5.91 Å². The van der Waals surface area contributed by atoms with Gasteiger partial charge in [0, 0.05) is 0 Å². The van der Waals surface area contributed by atoms with E-state index in [4.69, 9.17) is 0 Å². The van der Waals surface area contributed by atoms with Gasteiger partial charge < -0.3 is 20.6 Å². The number of carbonyl (C=O) groups is 1. The fourth-order valence-corrected chi connectivity index (χ4v) is 9.34. The highest BCUT2D eigenvalue weighted by Crippen LogP contribution is 2.18. The number of amides is 1. The average Bonchev–Trinajstić information content (AvgIpc) is 3.32. The summed E-state index contributed by atoms with van der Waals surface area (Å²) in [5.74, 6) is -0.511. The van der Waals surface area contributed by atoms with Crippen LogP contribution in [-0.4, -0.2) is 46.1 Å². The van der Waals surface area contributed by atoms with Gasteiger partial charge in [-0.15, -0.1) is 0 Å². The SMILES string of the molecule is CCCCCCCCCCCCCCCCC/C=C/CC/C=C/CC/C=C/C(O)C(CO)NC(=O)C(O)CCCCCCCCCCCCCCCCCCCCCCCCCCCCC. The Morgan fingerprint density at radius 1 is 0.364 bits per heavy atom. The van der Waals surface area contributed by atoms with Crippen molar-refractivity contribution in [1.82, 2.24) is 5.32 Å².